The molecule has 3 rings (SSSR count). The fourth-order valence-electron chi connectivity index (χ4n) is 3.32. The van der Waals surface area contributed by atoms with Gasteiger partial charge in [0.25, 0.3) is 5.91 Å². The molecule has 2 N–H and O–H groups in total. The van der Waals surface area contributed by atoms with Gasteiger partial charge in [0.1, 0.15) is 0 Å². The van der Waals surface area contributed by atoms with Crippen molar-refractivity contribution in [2.75, 3.05) is 49.3 Å². The van der Waals surface area contributed by atoms with Crippen molar-refractivity contribution in [3.63, 3.8) is 0 Å². The number of hydrogen-bond donors (Lipinski definition) is 2. The fourth-order valence-corrected chi connectivity index (χ4v) is 3.32. The van der Waals surface area contributed by atoms with Crippen LogP contribution in [0.1, 0.15) is 28.8 Å². The van der Waals surface area contributed by atoms with Gasteiger partial charge in [-0.1, -0.05) is 6.07 Å². The van der Waals surface area contributed by atoms with Gasteiger partial charge in [-0.3, -0.25) is 9.59 Å². The number of likely N-dealkylation sites (N-methyl/N-ethyl adjacent to an activating group) is 1. The monoisotopic (exact) mass is 380 g/mol. The molecule has 2 amide bonds. The van der Waals surface area contributed by atoms with Crippen LogP contribution in [-0.4, -0.2) is 50.4 Å². The number of amides is 2. The molecule has 6 nitrogen and oxygen atoms in total. The van der Waals surface area contributed by atoms with E-state index in [0.717, 1.165) is 24.3 Å². The normalized spacial score (nSPS) is 13.6. The molecule has 0 atom stereocenters. The van der Waals surface area contributed by atoms with Crippen molar-refractivity contribution < 1.29 is 9.59 Å². The summed E-state index contributed by atoms with van der Waals surface area (Å²) < 4.78 is 0. The van der Waals surface area contributed by atoms with Crippen molar-refractivity contribution in [1.29, 1.82) is 0 Å². The first-order chi connectivity index (χ1) is 13.4. The maximum atomic E-state index is 12.7. The standard InChI is InChI=1S/C22H28N4O2/c1-16-6-9-18(23-21(27)15-25(2)3)14-20(16)24-22(28)17-7-10-19(11-8-17)26-12-4-5-13-26/h6-11,14H,4-5,12-13,15H2,1-3H3,(H,23,27)(H,24,28). The second kappa shape index (κ2) is 8.89. The smallest absolute Gasteiger partial charge is 0.255 e. The number of hydrogen-bond acceptors (Lipinski definition) is 4. The molecule has 0 unspecified atom stereocenters. The fraction of sp³-hybridized carbons (Fsp3) is 0.364. The Morgan fingerprint density at radius 1 is 1.00 bits per heavy atom. The first kappa shape index (κ1) is 19.9. The van der Waals surface area contributed by atoms with Gasteiger partial charge in [-0.25, -0.2) is 0 Å². The molecule has 1 heterocycles. The maximum Gasteiger partial charge on any atom is 0.255 e. The molecule has 1 fully saturated rings. The molecule has 0 radical (unpaired) electrons. The van der Waals surface area contributed by atoms with Crippen LogP contribution in [0.4, 0.5) is 17.1 Å². The van der Waals surface area contributed by atoms with E-state index in [4.69, 9.17) is 0 Å². The zero-order valence-electron chi connectivity index (χ0n) is 16.8. The second-order valence-corrected chi connectivity index (χ2v) is 7.51. The molecule has 2 aromatic rings. The van der Waals surface area contributed by atoms with Gasteiger partial charge in [-0.05, 0) is 75.8 Å². The molecule has 0 spiro atoms. The van der Waals surface area contributed by atoms with E-state index < -0.39 is 0 Å². The van der Waals surface area contributed by atoms with Crippen LogP contribution in [0, 0.1) is 6.92 Å². The number of benzene rings is 2. The largest absolute Gasteiger partial charge is 0.372 e. The first-order valence-corrected chi connectivity index (χ1v) is 9.64. The van der Waals surface area contributed by atoms with Gasteiger partial charge in [-0.2, -0.15) is 0 Å². The van der Waals surface area contributed by atoms with Gasteiger partial charge in [-0.15, -0.1) is 0 Å². The highest BCUT2D eigenvalue weighted by atomic mass is 16.2. The molecule has 0 aromatic heterocycles. The van der Waals surface area contributed by atoms with Crippen LogP contribution in [0.15, 0.2) is 42.5 Å². The number of aryl methyl sites for hydroxylation is 1. The van der Waals surface area contributed by atoms with Crippen LogP contribution in [0.3, 0.4) is 0 Å². The lowest BCUT2D eigenvalue weighted by Crippen LogP contribution is -2.27. The zero-order chi connectivity index (χ0) is 20.1. The highest BCUT2D eigenvalue weighted by Gasteiger charge is 2.14. The predicted molar refractivity (Wildman–Crippen MR) is 114 cm³/mol. The average molecular weight is 380 g/mol. The van der Waals surface area contributed by atoms with E-state index in [-0.39, 0.29) is 11.8 Å². The Hall–Kier alpha value is -2.86. The molecular formula is C22H28N4O2. The van der Waals surface area contributed by atoms with E-state index in [1.54, 1.807) is 11.0 Å². The van der Waals surface area contributed by atoms with E-state index in [0.29, 0.717) is 23.5 Å². The van der Waals surface area contributed by atoms with E-state index in [1.807, 2.05) is 57.4 Å². The van der Waals surface area contributed by atoms with Crippen molar-refractivity contribution in [2.24, 2.45) is 0 Å². The number of nitrogens with one attached hydrogen (secondary N) is 2. The Morgan fingerprint density at radius 3 is 2.32 bits per heavy atom. The zero-order valence-corrected chi connectivity index (χ0v) is 16.8. The van der Waals surface area contributed by atoms with Crippen molar-refractivity contribution in [3.05, 3.63) is 53.6 Å². The van der Waals surface area contributed by atoms with E-state index in [1.165, 1.54) is 12.8 Å². The van der Waals surface area contributed by atoms with Crippen LogP contribution < -0.4 is 15.5 Å². The van der Waals surface area contributed by atoms with Gasteiger partial charge in [0, 0.05) is 35.7 Å². The van der Waals surface area contributed by atoms with Gasteiger partial charge >= 0.3 is 0 Å². The van der Waals surface area contributed by atoms with Crippen LogP contribution >= 0.6 is 0 Å². The first-order valence-electron chi connectivity index (χ1n) is 9.64. The Kier molecular flexibility index (Phi) is 6.31. The predicted octanol–water partition coefficient (Wildman–Crippen LogP) is 3.35. The third-order valence-corrected chi connectivity index (χ3v) is 4.83. The lowest BCUT2D eigenvalue weighted by Gasteiger charge is -2.17. The Bertz CT molecular complexity index is 840. The van der Waals surface area contributed by atoms with Crippen LogP contribution in [-0.2, 0) is 4.79 Å². The van der Waals surface area contributed by atoms with E-state index in [2.05, 4.69) is 15.5 Å². The Morgan fingerprint density at radius 2 is 1.68 bits per heavy atom. The van der Waals surface area contributed by atoms with E-state index in [9.17, 15) is 9.59 Å². The molecule has 28 heavy (non-hydrogen) atoms. The van der Waals surface area contributed by atoms with Crippen molar-refractivity contribution in [2.45, 2.75) is 19.8 Å². The minimum absolute atomic E-state index is 0.0939. The quantitative estimate of drug-likeness (QED) is 0.807. The number of anilines is 3. The molecule has 148 valence electrons. The maximum absolute atomic E-state index is 12.7. The lowest BCUT2D eigenvalue weighted by molar-refractivity contribution is -0.116. The average Bonchev–Trinajstić information content (AvgIpc) is 3.18. The lowest BCUT2D eigenvalue weighted by atomic mass is 10.1. The Labute approximate surface area is 166 Å². The third-order valence-electron chi connectivity index (χ3n) is 4.83. The summed E-state index contributed by atoms with van der Waals surface area (Å²) in [6.07, 6.45) is 2.45. The molecule has 2 aromatic carbocycles. The number of nitrogens with zero attached hydrogens (tertiary/aromatic N) is 2. The van der Waals surface area contributed by atoms with Crippen molar-refractivity contribution >= 4 is 28.9 Å². The Balaban J connectivity index is 1.67. The topological polar surface area (TPSA) is 64.7 Å². The summed E-state index contributed by atoms with van der Waals surface area (Å²) in [5, 5.41) is 5.81. The number of carbonyl (C=O) groups is 2. The third kappa shape index (κ3) is 5.10. The summed E-state index contributed by atoms with van der Waals surface area (Å²) in [6, 6.07) is 13.2. The summed E-state index contributed by atoms with van der Waals surface area (Å²) >= 11 is 0. The molecule has 0 aliphatic carbocycles. The summed E-state index contributed by atoms with van der Waals surface area (Å²) in [4.78, 5) is 28.8. The summed E-state index contributed by atoms with van der Waals surface area (Å²) in [6.45, 7) is 4.39. The molecular weight excluding hydrogens is 352 g/mol. The molecule has 0 bridgehead atoms. The SMILES string of the molecule is Cc1ccc(NC(=O)CN(C)C)cc1NC(=O)c1ccc(N2CCCC2)cc1. The van der Waals surface area contributed by atoms with Crippen LogP contribution in [0.25, 0.3) is 0 Å². The molecule has 0 saturated carbocycles. The van der Waals surface area contributed by atoms with Crippen molar-refractivity contribution in [1.82, 2.24) is 4.90 Å². The van der Waals surface area contributed by atoms with Crippen molar-refractivity contribution in [3.8, 4) is 0 Å². The molecule has 1 aliphatic heterocycles. The number of rotatable bonds is 6. The van der Waals surface area contributed by atoms with Crippen LogP contribution in [0.2, 0.25) is 0 Å². The summed E-state index contributed by atoms with van der Waals surface area (Å²) in [7, 11) is 3.69. The summed E-state index contributed by atoms with van der Waals surface area (Å²) in [5.41, 5.74) is 4.07. The molecule has 1 saturated heterocycles. The minimum Gasteiger partial charge on any atom is -0.372 e. The number of carbonyl (C=O) groups excluding carboxylic acids is 2. The van der Waals surface area contributed by atoms with Gasteiger partial charge in [0.05, 0.1) is 6.54 Å². The minimum atomic E-state index is -0.159. The van der Waals surface area contributed by atoms with E-state index >= 15 is 0 Å². The van der Waals surface area contributed by atoms with Gasteiger partial charge < -0.3 is 20.4 Å². The highest BCUT2D eigenvalue weighted by molar-refractivity contribution is 6.05. The molecule has 6 heteroatoms. The van der Waals surface area contributed by atoms with Gasteiger partial charge in [0.2, 0.25) is 5.91 Å². The summed E-state index contributed by atoms with van der Waals surface area (Å²) in [5.74, 6) is -0.253. The van der Waals surface area contributed by atoms with Crippen LogP contribution in [0.5, 0.6) is 0 Å². The second-order valence-electron chi connectivity index (χ2n) is 7.51. The molecule has 1 aliphatic rings. The van der Waals surface area contributed by atoms with Gasteiger partial charge in [0.15, 0.2) is 0 Å². The highest BCUT2D eigenvalue weighted by Crippen LogP contribution is 2.23.